The quantitative estimate of drug-likeness (QED) is 0.282. The van der Waals surface area contributed by atoms with Gasteiger partial charge in [-0.15, -0.1) is 0 Å². The molecule has 0 aliphatic carbocycles. The van der Waals surface area contributed by atoms with Crippen molar-refractivity contribution in [2.45, 2.75) is 116 Å². The van der Waals surface area contributed by atoms with Gasteiger partial charge in [0.25, 0.3) is 0 Å². The van der Waals surface area contributed by atoms with Crippen LogP contribution in [-0.4, -0.2) is 29.6 Å². The smallest absolute Gasteiger partial charge is 0.100 e. The molecule has 0 spiro atoms. The van der Waals surface area contributed by atoms with Gasteiger partial charge in [-0.1, -0.05) is 90.4 Å². The Kier molecular flexibility index (Phi) is 13.1. The minimum atomic E-state index is 0.618. The van der Waals surface area contributed by atoms with Gasteiger partial charge in [-0.2, -0.15) is 0 Å². The minimum Gasteiger partial charge on any atom is -0.359 e. The molecule has 0 radical (unpaired) electrons. The normalized spacial score (nSPS) is 17.2. The van der Waals surface area contributed by atoms with Crippen LogP contribution in [0.15, 0.2) is 12.4 Å². The van der Waals surface area contributed by atoms with Gasteiger partial charge in [-0.05, 0) is 19.8 Å². The van der Waals surface area contributed by atoms with Gasteiger partial charge in [-0.25, -0.2) is 0 Å². The van der Waals surface area contributed by atoms with Crippen molar-refractivity contribution in [3.63, 3.8) is 0 Å². The van der Waals surface area contributed by atoms with Crippen molar-refractivity contribution in [1.82, 2.24) is 9.80 Å². The fourth-order valence-electron chi connectivity index (χ4n) is 3.83. The Morgan fingerprint density at radius 2 is 1.08 bits per heavy atom. The molecular weight excluding hydrogens is 292 g/mol. The molecule has 0 amide bonds. The Bertz CT molecular complexity index is 300. The summed E-state index contributed by atoms with van der Waals surface area (Å²) in [6, 6.07) is 0. The Morgan fingerprint density at radius 3 is 1.54 bits per heavy atom. The van der Waals surface area contributed by atoms with E-state index in [1.54, 1.807) is 0 Å². The standard InChI is InChI=1S/C22H44N2/c1-4-6-7-8-9-10-11-12-13-14-15-16-17-18-19-22-23(3)20-21-24(22)5-2/h20-22H,4-19H2,1-3H3. The van der Waals surface area contributed by atoms with Crippen molar-refractivity contribution in [2.24, 2.45) is 0 Å². The van der Waals surface area contributed by atoms with Crippen LogP contribution in [0.25, 0.3) is 0 Å². The van der Waals surface area contributed by atoms with E-state index in [0.29, 0.717) is 6.17 Å². The summed E-state index contributed by atoms with van der Waals surface area (Å²) in [5.74, 6) is 0. The van der Waals surface area contributed by atoms with Gasteiger partial charge in [0, 0.05) is 26.0 Å². The number of hydrogen-bond acceptors (Lipinski definition) is 2. The lowest BCUT2D eigenvalue weighted by Gasteiger charge is -2.29. The molecule has 24 heavy (non-hydrogen) atoms. The van der Waals surface area contributed by atoms with E-state index in [1.165, 1.54) is 96.3 Å². The highest BCUT2D eigenvalue weighted by molar-refractivity contribution is 4.94. The predicted molar refractivity (Wildman–Crippen MR) is 108 cm³/mol. The molecule has 0 aromatic rings. The average molecular weight is 337 g/mol. The first-order chi connectivity index (χ1) is 11.8. The second-order valence-electron chi connectivity index (χ2n) is 7.66. The number of rotatable bonds is 16. The molecule has 1 rings (SSSR count). The second kappa shape index (κ2) is 14.7. The molecule has 0 bridgehead atoms. The summed E-state index contributed by atoms with van der Waals surface area (Å²) in [5, 5.41) is 0. The lowest BCUT2D eigenvalue weighted by atomic mass is 10.0. The van der Waals surface area contributed by atoms with Crippen molar-refractivity contribution in [3.8, 4) is 0 Å². The SMILES string of the molecule is CCCCCCCCCCCCCCCCC1N(C)C=CN1CC. The Hall–Kier alpha value is -0.660. The molecule has 1 atom stereocenters. The van der Waals surface area contributed by atoms with Gasteiger partial charge in [0.05, 0.1) is 0 Å². The minimum absolute atomic E-state index is 0.618. The summed E-state index contributed by atoms with van der Waals surface area (Å²) in [6.07, 6.45) is 26.6. The summed E-state index contributed by atoms with van der Waals surface area (Å²) in [5.41, 5.74) is 0. The molecule has 0 N–H and O–H groups in total. The first-order valence-electron chi connectivity index (χ1n) is 11.0. The molecule has 0 saturated carbocycles. The lowest BCUT2D eigenvalue weighted by molar-refractivity contribution is 0.167. The fourth-order valence-corrected chi connectivity index (χ4v) is 3.83. The zero-order valence-corrected chi connectivity index (χ0v) is 16.9. The van der Waals surface area contributed by atoms with E-state index >= 15 is 0 Å². The van der Waals surface area contributed by atoms with Crippen LogP contribution >= 0.6 is 0 Å². The van der Waals surface area contributed by atoms with Crippen LogP contribution in [0.5, 0.6) is 0 Å². The van der Waals surface area contributed by atoms with Crippen LogP contribution < -0.4 is 0 Å². The second-order valence-corrected chi connectivity index (χ2v) is 7.66. The molecule has 142 valence electrons. The van der Waals surface area contributed by atoms with Crippen molar-refractivity contribution in [2.75, 3.05) is 13.6 Å². The van der Waals surface area contributed by atoms with Crippen LogP contribution in [0.2, 0.25) is 0 Å². The van der Waals surface area contributed by atoms with Gasteiger partial charge < -0.3 is 9.80 Å². The molecular formula is C22H44N2. The monoisotopic (exact) mass is 336 g/mol. The molecule has 1 heterocycles. The van der Waals surface area contributed by atoms with Gasteiger partial charge in [0.2, 0.25) is 0 Å². The molecule has 2 heteroatoms. The van der Waals surface area contributed by atoms with E-state index < -0.39 is 0 Å². The van der Waals surface area contributed by atoms with E-state index in [9.17, 15) is 0 Å². The van der Waals surface area contributed by atoms with Gasteiger partial charge in [0.15, 0.2) is 0 Å². The number of unbranched alkanes of at least 4 members (excludes halogenated alkanes) is 13. The fraction of sp³-hybridized carbons (Fsp3) is 0.909. The molecule has 1 aliphatic rings. The van der Waals surface area contributed by atoms with E-state index in [1.807, 2.05) is 0 Å². The van der Waals surface area contributed by atoms with Crippen LogP contribution in [0.1, 0.15) is 110 Å². The van der Waals surface area contributed by atoms with E-state index in [0.717, 1.165) is 6.54 Å². The molecule has 0 aromatic carbocycles. The van der Waals surface area contributed by atoms with E-state index in [2.05, 4.69) is 43.1 Å². The summed E-state index contributed by atoms with van der Waals surface area (Å²) in [6.45, 7) is 5.68. The van der Waals surface area contributed by atoms with Crippen LogP contribution in [0, 0.1) is 0 Å². The van der Waals surface area contributed by atoms with Crippen molar-refractivity contribution in [1.29, 1.82) is 0 Å². The third-order valence-corrected chi connectivity index (χ3v) is 5.53. The third-order valence-electron chi connectivity index (χ3n) is 5.53. The first kappa shape index (κ1) is 21.4. The van der Waals surface area contributed by atoms with Crippen LogP contribution in [0.3, 0.4) is 0 Å². The van der Waals surface area contributed by atoms with Crippen molar-refractivity contribution in [3.05, 3.63) is 12.4 Å². The van der Waals surface area contributed by atoms with Gasteiger partial charge in [-0.3, -0.25) is 0 Å². The van der Waals surface area contributed by atoms with Crippen LogP contribution in [-0.2, 0) is 0 Å². The van der Waals surface area contributed by atoms with E-state index in [4.69, 9.17) is 0 Å². The number of nitrogens with zero attached hydrogens (tertiary/aromatic N) is 2. The van der Waals surface area contributed by atoms with Crippen molar-refractivity contribution >= 4 is 0 Å². The highest BCUT2D eigenvalue weighted by Gasteiger charge is 2.20. The summed E-state index contributed by atoms with van der Waals surface area (Å²) < 4.78 is 0. The predicted octanol–water partition coefficient (Wildman–Crippen LogP) is 6.92. The molecule has 2 nitrogen and oxygen atoms in total. The Labute approximate surface area is 152 Å². The maximum absolute atomic E-state index is 2.46. The molecule has 0 fully saturated rings. The maximum atomic E-state index is 2.46. The van der Waals surface area contributed by atoms with Crippen LogP contribution in [0.4, 0.5) is 0 Å². The highest BCUT2D eigenvalue weighted by atomic mass is 15.4. The van der Waals surface area contributed by atoms with Crippen molar-refractivity contribution < 1.29 is 0 Å². The average Bonchev–Trinajstić information content (AvgIpc) is 2.95. The number of hydrogen-bond donors (Lipinski definition) is 0. The Balaban J connectivity index is 1.79. The molecule has 1 aliphatic heterocycles. The zero-order chi connectivity index (χ0) is 17.5. The maximum Gasteiger partial charge on any atom is 0.100 e. The molecule has 0 saturated heterocycles. The van der Waals surface area contributed by atoms with Gasteiger partial charge >= 0.3 is 0 Å². The topological polar surface area (TPSA) is 6.48 Å². The third kappa shape index (κ3) is 9.59. The molecule has 0 aromatic heterocycles. The Morgan fingerprint density at radius 1 is 0.625 bits per heavy atom. The largest absolute Gasteiger partial charge is 0.359 e. The zero-order valence-electron chi connectivity index (χ0n) is 16.9. The lowest BCUT2D eigenvalue weighted by Crippen LogP contribution is -2.36. The first-order valence-corrected chi connectivity index (χ1v) is 11.0. The van der Waals surface area contributed by atoms with E-state index in [-0.39, 0.29) is 0 Å². The summed E-state index contributed by atoms with van der Waals surface area (Å²) in [4.78, 5) is 4.83. The highest BCUT2D eigenvalue weighted by Crippen LogP contribution is 2.20. The molecule has 1 unspecified atom stereocenters. The van der Waals surface area contributed by atoms with Gasteiger partial charge in [0.1, 0.15) is 6.17 Å². The summed E-state index contributed by atoms with van der Waals surface area (Å²) >= 11 is 0. The summed E-state index contributed by atoms with van der Waals surface area (Å²) in [7, 11) is 2.21.